The molecule has 1 saturated heterocycles. The second-order valence-electron chi connectivity index (χ2n) is 5.30. The monoisotopic (exact) mass is 342 g/mol. The van der Waals surface area contributed by atoms with Crippen LogP contribution in [0.3, 0.4) is 0 Å². The zero-order valence-electron chi connectivity index (χ0n) is 12.7. The van der Waals surface area contributed by atoms with Gasteiger partial charge in [-0.1, -0.05) is 0 Å². The van der Waals surface area contributed by atoms with E-state index in [1.165, 1.54) is 31.2 Å². The van der Waals surface area contributed by atoms with Crippen LogP contribution in [0, 0.1) is 10.1 Å². The van der Waals surface area contributed by atoms with Gasteiger partial charge in [0.05, 0.1) is 11.5 Å². The standard InChI is InChI=1S/C14H18N2O8/c1-7(18)15-11-13(20)12(19)10(6-17)24-14(11)23-9-4-2-8(3-5-9)16(21)22/h2-5,10-14,17,19-20H,6H2,1H3,(H,15,18)/t10-,11-,12+,13-,14-/m0/s1. The van der Waals surface area contributed by atoms with E-state index in [0.717, 1.165) is 0 Å². The Bertz CT molecular complexity index is 593. The van der Waals surface area contributed by atoms with Crippen molar-refractivity contribution < 1.29 is 34.5 Å². The van der Waals surface area contributed by atoms with Gasteiger partial charge < -0.3 is 30.1 Å². The van der Waals surface area contributed by atoms with Crippen LogP contribution in [0.25, 0.3) is 0 Å². The highest BCUT2D eigenvalue weighted by Crippen LogP contribution is 2.25. The Morgan fingerprint density at radius 1 is 1.33 bits per heavy atom. The molecule has 10 heteroatoms. The Labute approximate surface area is 136 Å². The van der Waals surface area contributed by atoms with Crippen molar-refractivity contribution in [3.8, 4) is 5.75 Å². The fourth-order valence-corrected chi connectivity index (χ4v) is 2.35. The number of hydrogen-bond acceptors (Lipinski definition) is 8. The molecule has 0 spiro atoms. The molecule has 0 bridgehead atoms. The van der Waals surface area contributed by atoms with Crippen LogP contribution in [0.4, 0.5) is 5.69 Å². The Morgan fingerprint density at radius 3 is 2.46 bits per heavy atom. The summed E-state index contributed by atoms with van der Waals surface area (Å²) in [4.78, 5) is 21.4. The third-order valence-corrected chi connectivity index (χ3v) is 3.55. The third kappa shape index (κ3) is 3.97. The minimum atomic E-state index is -1.43. The fourth-order valence-electron chi connectivity index (χ4n) is 2.35. The number of nitrogens with one attached hydrogen (secondary N) is 1. The minimum absolute atomic E-state index is 0.131. The molecule has 1 heterocycles. The van der Waals surface area contributed by atoms with Gasteiger partial charge in [-0.05, 0) is 12.1 Å². The first-order valence-corrected chi connectivity index (χ1v) is 7.14. The molecule has 2 rings (SSSR count). The normalized spacial score (nSPS) is 29.8. The minimum Gasteiger partial charge on any atom is -0.463 e. The number of aliphatic hydroxyl groups excluding tert-OH is 3. The molecule has 1 aromatic rings. The van der Waals surface area contributed by atoms with Crippen LogP contribution in [-0.2, 0) is 9.53 Å². The van der Waals surface area contributed by atoms with Gasteiger partial charge in [0, 0.05) is 19.1 Å². The predicted molar refractivity (Wildman–Crippen MR) is 79.1 cm³/mol. The number of carbonyl (C=O) groups excluding carboxylic acids is 1. The van der Waals surface area contributed by atoms with Crippen LogP contribution in [0.5, 0.6) is 5.75 Å². The highest BCUT2D eigenvalue weighted by atomic mass is 16.7. The lowest BCUT2D eigenvalue weighted by Crippen LogP contribution is -2.65. The van der Waals surface area contributed by atoms with Crippen molar-refractivity contribution in [3.63, 3.8) is 0 Å². The molecule has 1 amide bonds. The van der Waals surface area contributed by atoms with Gasteiger partial charge in [0.2, 0.25) is 12.2 Å². The van der Waals surface area contributed by atoms with Gasteiger partial charge in [-0.25, -0.2) is 0 Å². The quantitative estimate of drug-likeness (QED) is 0.389. The van der Waals surface area contributed by atoms with Crippen molar-refractivity contribution >= 4 is 11.6 Å². The summed E-state index contributed by atoms with van der Waals surface area (Å²) in [6.45, 7) is 0.658. The highest BCUT2D eigenvalue weighted by molar-refractivity contribution is 5.73. The number of nitro groups is 1. The number of non-ortho nitro benzene ring substituents is 1. The largest absolute Gasteiger partial charge is 0.463 e. The molecule has 132 valence electrons. The van der Waals surface area contributed by atoms with Crippen molar-refractivity contribution in [2.24, 2.45) is 0 Å². The van der Waals surface area contributed by atoms with Crippen molar-refractivity contribution in [2.75, 3.05) is 6.61 Å². The van der Waals surface area contributed by atoms with Crippen molar-refractivity contribution in [1.82, 2.24) is 5.32 Å². The van der Waals surface area contributed by atoms with Gasteiger partial charge in [0.25, 0.3) is 5.69 Å². The van der Waals surface area contributed by atoms with Gasteiger partial charge in [-0.2, -0.15) is 0 Å². The lowest BCUT2D eigenvalue weighted by atomic mass is 9.97. The summed E-state index contributed by atoms with van der Waals surface area (Å²) in [5.74, 6) is -0.282. The number of amides is 1. The number of benzene rings is 1. The molecule has 1 aliphatic rings. The number of hydrogen-bond donors (Lipinski definition) is 4. The summed E-state index contributed by atoms with van der Waals surface area (Å²) < 4.78 is 10.9. The molecule has 10 nitrogen and oxygen atoms in total. The average Bonchev–Trinajstić information content (AvgIpc) is 2.54. The van der Waals surface area contributed by atoms with Crippen molar-refractivity contribution in [3.05, 3.63) is 34.4 Å². The first-order valence-electron chi connectivity index (χ1n) is 7.14. The molecular weight excluding hydrogens is 324 g/mol. The highest BCUT2D eigenvalue weighted by Gasteiger charge is 2.46. The van der Waals surface area contributed by atoms with E-state index in [0.29, 0.717) is 0 Å². The number of nitro benzene ring substituents is 1. The fraction of sp³-hybridized carbons (Fsp3) is 0.500. The van der Waals surface area contributed by atoms with Gasteiger partial charge >= 0.3 is 0 Å². The van der Waals surface area contributed by atoms with E-state index >= 15 is 0 Å². The maximum Gasteiger partial charge on any atom is 0.269 e. The van der Waals surface area contributed by atoms with Crippen LogP contribution < -0.4 is 10.1 Å². The predicted octanol–water partition coefficient (Wildman–Crippen LogP) is -1.08. The summed E-state index contributed by atoms with van der Waals surface area (Å²) in [7, 11) is 0. The number of ether oxygens (including phenoxy) is 2. The topological polar surface area (TPSA) is 151 Å². The van der Waals surface area contributed by atoms with E-state index in [9.17, 15) is 30.2 Å². The molecule has 0 unspecified atom stereocenters. The molecule has 24 heavy (non-hydrogen) atoms. The zero-order valence-corrected chi connectivity index (χ0v) is 12.7. The summed E-state index contributed by atoms with van der Waals surface area (Å²) >= 11 is 0. The molecule has 1 aliphatic heterocycles. The zero-order chi connectivity index (χ0) is 17.9. The van der Waals surface area contributed by atoms with Gasteiger partial charge in [0.1, 0.15) is 30.1 Å². The molecule has 0 aromatic heterocycles. The molecule has 1 fully saturated rings. The number of aliphatic hydroxyl groups is 3. The smallest absolute Gasteiger partial charge is 0.269 e. The Hall–Kier alpha value is -2.27. The van der Waals surface area contributed by atoms with E-state index in [-0.39, 0.29) is 11.4 Å². The van der Waals surface area contributed by atoms with Crippen molar-refractivity contribution in [1.29, 1.82) is 0 Å². The molecule has 0 aliphatic carbocycles. The van der Waals surface area contributed by atoms with Crippen LogP contribution in [-0.4, -0.2) is 63.4 Å². The summed E-state index contributed by atoms with van der Waals surface area (Å²) in [6.07, 6.45) is -5.15. The molecule has 4 N–H and O–H groups in total. The Balaban J connectivity index is 2.19. The van der Waals surface area contributed by atoms with Crippen LogP contribution in [0.1, 0.15) is 6.92 Å². The van der Waals surface area contributed by atoms with E-state index < -0.39 is 48.1 Å². The molecule has 5 atom stereocenters. The Morgan fingerprint density at radius 2 is 1.96 bits per heavy atom. The lowest BCUT2D eigenvalue weighted by Gasteiger charge is -2.42. The summed E-state index contributed by atoms with van der Waals surface area (Å²) in [5.41, 5.74) is -0.131. The maximum absolute atomic E-state index is 11.3. The number of rotatable bonds is 5. The molecule has 0 saturated carbocycles. The number of nitrogens with zero attached hydrogens (tertiary/aromatic N) is 1. The average molecular weight is 342 g/mol. The van der Waals surface area contributed by atoms with Gasteiger partial charge in [0.15, 0.2) is 0 Å². The SMILES string of the molecule is CC(=O)N[C@@H]1[C@@H](Oc2ccc([N+](=O)[O-])cc2)O[C@@H](CO)[C@@H](O)[C@H]1O. The van der Waals surface area contributed by atoms with Crippen LogP contribution in [0.15, 0.2) is 24.3 Å². The third-order valence-electron chi connectivity index (χ3n) is 3.55. The number of carbonyl (C=O) groups is 1. The lowest BCUT2D eigenvalue weighted by molar-refractivity contribution is -0.384. The van der Waals surface area contributed by atoms with E-state index in [2.05, 4.69) is 5.32 Å². The molecular formula is C14H18N2O8. The molecule has 0 radical (unpaired) electrons. The maximum atomic E-state index is 11.3. The van der Waals surface area contributed by atoms with Crippen molar-refractivity contribution in [2.45, 2.75) is 37.6 Å². The first kappa shape index (κ1) is 18.1. The summed E-state index contributed by atoms with van der Waals surface area (Å²) in [6, 6.07) is 4.02. The van der Waals surface area contributed by atoms with Gasteiger partial charge in [-0.3, -0.25) is 14.9 Å². The Kier molecular flexibility index (Phi) is 5.67. The first-order chi connectivity index (χ1) is 11.3. The second-order valence-corrected chi connectivity index (χ2v) is 5.30. The second kappa shape index (κ2) is 7.53. The van der Waals surface area contributed by atoms with Gasteiger partial charge in [-0.15, -0.1) is 0 Å². The van der Waals surface area contributed by atoms with E-state index in [1.807, 2.05) is 0 Å². The van der Waals surface area contributed by atoms with E-state index in [4.69, 9.17) is 9.47 Å². The van der Waals surface area contributed by atoms with Crippen LogP contribution in [0.2, 0.25) is 0 Å². The molecule has 1 aromatic carbocycles. The van der Waals surface area contributed by atoms with E-state index in [1.54, 1.807) is 0 Å². The van der Waals surface area contributed by atoms with Crippen LogP contribution >= 0.6 is 0 Å². The summed E-state index contributed by atoms with van der Waals surface area (Å²) in [5, 5.41) is 42.3.